The molecular formula is C22H27NO4S. The third kappa shape index (κ3) is 6.93. The number of hydrogen-bond donors (Lipinski definition) is 1. The SMILES string of the molecule is Cc1ccc(C(=O)CCC(=O)CCC(=O)NCCOc2c(C)cccc2C)s1. The molecule has 28 heavy (non-hydrogen) atoms. The van der Waals surface area contributed by atoms with Gasteiger partial charge in [0.25, 0.3) is 0 Å². The second-order valence-corrected chi connectivity index (χ2v) is 8.08. The average molecular weight is 402 g/mol. The summed E-state index contributed by atoms with van der Waals surface area (Å²) >= 11 is 1.44. The van der Waals surface area contributed by atoms with E-state index in [0.29, 0.717) is 18.0 Å². The molecule has 2 rings (SSSR count). The minimum atomic E-state index is -0.182. The van der Waals surface area contributed by atoms with E-state index in [1.165, 1.54) is 11.3 Å². The fourth-order valence-corrected chi connectivity index (χ4v) is 3.63. The summed E-state index contributed by atoms with van der Waals surface area (Å²) in [6.45, 7) is 6.67. The number of hydrogen-bond acceptors (Lipinski definition) is 5. The standard InChI is InChI=1S/C22H27NO4S/c1-15-5-4-6-16(2)22(15)27-14-13-23-21(26)12-9-18(24)8-10-19(25)20-11-7-17(3)28-20/h4-7,11H,8-10,12-14H2,1-3H3,(H,23,26). The molecule has 0 saturated heterocycles. The third-order valence-corrected chi connectivity index (χ3v) is 5.40. The summed E-state index contributed by atoms with van der Waals surface area (Å²) in [7, 11) is 0. The zero-order valence-corrected chi connectivity index (χ0v) is 17.5. The normalized spacial score (nSPS) is 10.5. The van der Waals surface area contributed by atoms with E-state index in [-0.39, 0.29) is 43.2 Å². The van der Waals surface area contributed by atoms with Crippen LogP contribution in [0.15, 0.2) is 30.3 Å². The number of carbonyl (C=O) groups excluding carboxylic acids is 3. The Labute approximate surface area is 170 Å². The van der Waals surface area contributed by atoms with Crippen molar-refractivity contribution in [3.05, 3.63) is 51.2 Å². The smallest absolute Gasteiger partial charge is 0.220 e. The lowest BCUT2D eigenvalue weighted by Gasteiger charge is -2.12. The van der Waals surface area contributed by atoms with E-state index in [4.69, 9.17) is 4.74 Å². The Bertz CT molecular complexity index is 821. The van der Waals surface area contributed by atoms with Crippen LogP contribution >= 0.6 is 11.3 Å². The van der Waals surface area contributed by atoms with Gasteiger partial charge in [0, 0.05) is 30.6 Å². The number of Topliss-reactive ketones (excluding diaryl/α,β-unsaturated/α-hetero) is 2. The Morgan fingerprint density at radius 2 is 1.61 bits per heavy atom. The van der Waals surface area contributed by atoms with Crippen molar-refractivity contribution in [3.8, 4) is 5.75 Å². The molecule has 0 fully saturated rings. The predicted molar refractivity (Wildman–Crippen MR) is 111 cm³/mol. The molecule has 150 valence electrons. The minimum Gasteiger partial charge on any atom is -0.491 e. The molecule has 1 heterocycles. The summed E-state index contributed by atoms with van der Waals surface area (Å²) in [4.78, 5) is 37.6. The van der Waals surface area contributed by atoms with E-state index in [9.17, 15) is 14.4 Å². The highest BCUT2D eigenvalue weighted by molar-refractivity contribution is 7.14. The van der Waals surface area contributed by atoms with Gasteiger partial charge in [-0.25, -0.2) is 0 Å². The highest BCUT2D eigenvalue weighted by Crippen LogP contribution is 2.22. The molecule has 0 aliphatic rings. The van der Waals surface area contributed by atoms with Gasteiger partial charge < -0.3 is 10.1 Å². The van der Waals surface area contributed by atoms with Gasteiger partial charge in [-0.2, -0.15) is 0 Å². The highest BCUT2D eigenvalue weighted by atomic mass is 32.1. The molecule has 0 radical (unpaired) electrons. The Kier molecular flexibility index (Phi) is 8.39. The first-order chi connectivity index (χ1) is 13.4. The van der Waals surface area contributed by atoms with Crippen molar-refractivity contribution in [1.29, 1.82) is 0 Å². The van der Waals surface area contributed by atoms with Gasteiger partial charge in [0.15, 0.2) is 5.78 Å². The lowest BCUT2D eigenvalue weighted by molar-refractivity contribution is -0.125. The maximum atomic E-state index is 12.0. The van der Waals surface area contributed by atoms with Gasteiger partial charge in [-0.15, -0.1) is 11.3 Å². The van der Waals surface area contributed by atoms with E-state index in [2.05, 4.69) is 5.32 Å². The van der Waals surface area contributed by atoms with E-state index in [1.54, 1.807) is 6.07 Å². The number of nitrogens with one attached hydrogen (secondary N) is 1. The van der Waals surface area contributed by atoms with Crippen molar-refractivity contribution in [2.45, 2.75) is 46.5 Å². The molecule has 2 aromatic rings. The quantitative estimate of drug-likeness (QED) is 0.453. The number of ketones is 2. The van der Waals surface area contributed by atoms with Crippen LogP contribution in [0, 0.1) is 20.8 Å². The van der Waals surface area contributed by atoms with Crippen LogP contribution in [0.25, 0.3) is 0 Å². The van der Waals surface area contributed by atoms with Crippen LogP contribution in [0.5, 0.6) is 5.75 Å². The molecule has 0 saturated carbocycles. The third-order valence-electron chi connectivity index (χ3n) is 4.36. The molecule has 6 heteroatoms. The second kappa shape index (κ2) is 10.8. The lowest BCUT2D eigenvalue weighted by atomic mass is 10.1. The molecule has 0 spiro atoms. The first-order valence-electron chi connectivity index (χ1n) is 9.44. The molecule has 0 bridgehead atoms. The van der Waals surface area contributed by atoms with E-state index in [0.717, 1.165) is 21.8 Å². The van der Waals surface area contributed by atoms with E-state index >= 15 is 0 Å². The number of carbonyl (C=O) groups is 3. The molecular weight excluding hydrogens is 374 g/mol. The van der Waals surface area contributed by atoms with Crippen LogP contribution in [0.4, 0.5) is 0 Å². The molecule has 0 unspecified atom stereocenters. The maximum Gasteiger partial charge on any atom is 0.220 e. The number of thiophene rings is 1. The van der Waals surface area contributed by atoms with Crippen molar-refractivity contribution in [2.24, 2.45) is 0 Å². The van der Waals surface area contributed by atoms with E-state index in [1.807, 2.05) is 45.0 Å². The van der Waals surface area contributed by atoms with Crippen molar-refractivity contribution in [1.82, 2.24) is 5.32 Å². The minimum absolute atomic E-state index is 0.0143. The van der Waals surface area contributed by atoms with Gasteiger partial charge in [-0.3, -0.25) is 14.4 Å². The Balaban J connectivity index is 1.60. The monoisotopic (exact) mass is 401 g/mol. The summed E-state index contributed by atoms with van der Waals surface area (Å²) in [6.07, 6.45) is 0.664. The van der Waals surface area contributed by atoms with Crippen LogP contribution in [0.3, 0.4) is 0 Å². The van der Waals surface area contributed by atoms with Crippen molar-refractivity contribution >= 4 is 28.8 Å². The summed E-state index contributed by atoms with van der Waals surface area (Å²) in [5.41, 5.74) is 2.12. The fourth-order valence-electron chi connectivity index (χ4n) is 2.80. The molecule has 1 aromatic heterocycles. The number of rotatable bonds is 11. The number of ether oxygens (including phenoxy) is 1. The Morgan fingerprint density at radius 1 is 0.929 bits per heavy atom. The first kappa shape index (κ1) is 21.8. The molecule has 0 atom stereocenters. The summed E-state index contributed by atoms with van der Waals surface area (Å²) in [6, 6.07) is 9.63. The van der Waals surface area contributed by atoms with Gasteiger partial charge in [0.1, 0.15) is 18.1 Å². The van der Waals surface area contributed by atoms with Crippen LogP contribution in [0.1, 0.15) is 51.4 Å². The zero-order valence-electron chi connectivity index (χ0n) is 16.7. The van der Waals surface area contributed by atoms with Gasteiger partial charge in [0.05, 0.1) is 11.4 Å². The molecule has 1 N–H and O–H groups in total. The zero-order chi connectivity index (χ0) is 20.5. The first-order valence-corrected chi connectivity index (χ1v) is 10.3. The van der Waals surface area contributed by atoms with Crippen molar-refractivity contribution < 1.29 is 19.1 Å². The number of amides is 1. The fraction of sp³-hybridized carbons (Fsp3) is 0.409. The molecule has 1 amide bonds. The average Bonchev–Trinajstić information content (AvgIpc) is 3.10. The van der Waals surface area contributed by atoms with Crippen LogP contribution in [0.2, 0.25) is 0 Å². The molecule has 1 aromatic carbocycles. The van der Waals surface area contributed by atoms with Gasteiger partial charge >= 0.3 is 0 Å². The summed E-state index contributed by atoms with van der Waals surface area (Å²) < 4.78 is 5.73. The number of para-hydroxylation sites is 1. The highest BCUT2D eigenvalue weighted by Gasteiger charge is 2.12. The largest absolute Gasteiger partial charge is 0.491 e. The van der Waals surface area contributed by atoms with Gasteiger partial charge in [-0.05, 0) is 44.0 Å². The van der Waals surface area contributed by atoms with Gasteiger partial charge in [0.2, 0.25) is 5.91 Å². The molecule has 0 aliphatic heterocycles. The Morgan fingerprint density at radius 3 is 2.25 bits per heavy atom. The van der Waals surface area contributed by atoms with Crippen LogP contribution in [-0.4, -0.2) is 30.6 Å². The summed E-state index contributed by atoms with van der Waals surface area (Å²) in [5.74, 6) is 0.583. The topological polar surface area (TPSA) is 72.5 Å². The van der Waals surface area contributed by atoms with Gasteiger partial charge in [-0.1, -0.05) is 18.2 Å². The lowest BCUT2D eigenvalue weighted by Crippen LogP contribution is -2.28. The van der Waals surface area contributed by atoms with Crippen LogP contribution in [-0.2, 0) is 9.59 Å². The number of aryl methyl sites for hydroxylation is 3. The second-order valence-electron chi connectivity index (χ2n) is 6.79. The summed E-state index contributed by atoms with van der Waals surface area (Å²) in [5, 5.41) is 2.76. The van der Waals surface area contributed by atoms with Crippen LogP contribution < -0.4 is 10.1 Å². The predicted octanol–water partition coefficient (Wildman–Crippen LogP) is 4.18. The molecule has 5 nitrogen and oxygen atoms in total. The molecule has 0 aliphatic carbocycles. The van der Waals surface area contributed by atoms with Crippen molar-refractivity contribution in [3.63, 3.8) is 0 Å². The van der Waals surface area contributed by atoms with E-state index < -0.39 is 0 Å². The van der Waals surface area contributed by atoms with Crippen molar-refractivity contribution in [2.75, 3.05) is 13.2 Å². The maximum absolute atomic E-state index is 12.0. The Hall–Kier alpha value is -2.47. The number of benzene rings is 1.